The van der Waals surface area contributed by atoms with Crippen LogP contribution in [0.2, 0.25) is 0 Å². The third kappa shape index (κ3) is 1.13. The Morgan fingerprint density at radius 3 is 2.67 bits per heavy atom. The number of amidine groups is 1. The minimum atomic E-state index is -1.27. The summed E-state index contributed by atoms with van der Waals surface area (Å²) in [4.78, 5) is 11.6. The maximum absolute atomic E-state index is 10.4. The summed E-state index contributed by atoms with van der Waals surface area (Å²) < 4.78 is 0. The lowest BCUT2D eigenvalue weighted by molar-refractivity contribution is -0.203. The molecule has 1 N–H and O–H groups in total. The van der Waals surface area contributed by atoms with Crippen LogP contribution in [0.4, 0.5) is 0 Å². The molecule has 0 aromatic carbocycles. The molecule has 0 spiro atoms. The summed E-state index contributed by atoms with van der Waals surface area (Å²) in [6, 6.07) is 0. The summed E-state index contributed by atoms with van der Waals surface area (Å²) in [5.74, 6) is -0.417. The minimum Gasteiger partial charge on any atom is -0.366 e. The second-order valence-corrected chi connectivity index (χ2v) is 4.37. The fourth-order valence-electron chi connectivity index (χ4n) is 2.27. The fraction of sp³-hybridized carbons (Fsp3) is 0.800. The van der Waals surface area contributed by atoms with Gasteiger partial charge in [-0.3, -0.25) is 4.99 Å². The first-order valence-electron chi connectivity index (χ1n) is 5.17. The zero-order valence-corrected chi connectivity index (χ0v) is 9.61. The summed E-state index contributed by atoms with van der Waals surface area (Å²) in [6.45, 7) is 3.84. The van der Waals surface area contributed by atoms with Gasteiger partial charge >= 0.3 is 0 Å². The van der Waals surface area contributed by atoms with Gasteiger partial charge in [0.15, 0.2) is 5.54 Å². The van der Waals surface area contributed by atoms with Crippen molar-refractivity contribution in [3.63, 3.8) is 0 Å². The predicted molar refractivity (Wildman–Crippen MR) is 57.9 cm³/mol. The zero-order chi connectivity index (χ0) is 11.3. The van der Waals surface area contributed by atoms with Gasteiger partial charge in [-0.15, -0.1) is 0 Å². The molecule has 2 aliphatic rings. The topological polar surface area (TPSA) is 57.4 Å². The maximum Gasteiger partial charge on any atom is 0.272 e. The molecule has 0 amide bonds. The number of oxime groups is 1. The molecule has 2 aliphatic heterocycles. The first kappa shape index (κ1) is 10.4. The zero-order valence-electron chi connectivity index (χ0n) is 9.61. The predicted octanol–water partition coefficient (Wildman–Crippen LogP) is 0.594. The standard InChI is InChI=1S/C10H17N3O2/c1-5-9-7(2)12-15-10(9,14)6-8(11-9)13(3)4/h14H,5-6H2,1-4H3/t9-,10-/m1/s1. The van der Waals surface area contributed by atoms with Crippen LogP contribution in [0.25, 0.3) is 0 Å². The molecular weight excluding hydrogens is 194 g/mol. The highest BCUT2D eigenvalue weighted by Crippen LogP contribution is 2.45. The van der Waals surface area contributed by atoms with Crippen LogP contribution in [0.3, 0.4) is 0 Å². The van der Waals surface area contributed by atoms with E-state index in [1.54, 1.807) is 0 Å². The van der Waals surface area contributed by atoms with Crippen molar-refractivity contribution < 1.29 is 9.94 Å². The average Bonchev–Trinajstić information content (AvgIpc) is 2.60. The van der Waals surface area contributed by atoms with Crippen molar-refractivity contribution in [2.45, 2.75) is 38.0 Å². The first-order valence-corrected chi connectivity index (χ1v) is 5.17. The van der Waals surface area contributed by atoms with Gasteiger partial charge in [0.1, 0.15) is 5.84 Å². The van der Waals surface area contributed by atoms with Gasteiger partial charge in [0.2, 0.25) is 0 Å². The second kappa shape index (κ2) is 2.95. The summed E-state index contributed by atoms with van der Waals surface area (Å²) in [5.41, 5.74) is 0.0800. The number of fused-ring (bicyclic) bond motifs is 1. The Bertz CT molecular complexity index is 351. The minimum absolute atomic E-state index is 0.397. The maximum atomic E-state index is 10.4. The number of hydrogen-bond donors (Lipinski definition) is 1. The molecule has 0 unspecified atom stereocenters. The van der Waals surface area contributed by atoms with E-state index in [1.807, 2.05) is 32.8 Å². The molecule has 2 rings (SSSR count). The van der Waals surface area contributed by atoms with E-state index >= 15 is 0 Å². The lowest BCUT2D eigenvalue weighted by atomic mass is 9.84. The van der Waals surface area contributed by atoms with Crippen molar-refractivity contribution in [2.24, 2.45) is 10.1 Å². The second-order valence-electron chi connectivity index (χ2n) is 4.37. The van der Waals surface area contributed by atoms with Gasteiger partial charge < -0.3 is 14.8 Å². The number of aliphatic imine (C=N–C) groups is 1. The van der Waals surface area contributed by atoms with Crippen molar-refractivity contribution >= 4 is 11.5 Å². The van der Waals surface area contributed by atoms with E-state index in [0.29, 0.717) is 12.8 Å². The quantitative estimate of drug-likeness (QED) is 0.690. The molecule has 15 heavy (non-hydrogen) atoms. The average molecular weight is 211 g/mol. The Balaban J connectivity index is 2.45. The van der Waals surface area contributed by atoms with Crippen LogP contribution in [-0.4, -0.2) is 47.0 Å². The molecule has 0 fully saturated rings. The Morgan fingerprint density at radius 1 is 1.53 bits per heavy atom. The van der Waals surface area contributed by atoms with E-state index in [2.05, 4.69) is 10.1 Å². The van der Waals surface area contributed by atoms with E-state index in [0.717, 1.165) is 11.5 Å². The van der Waals surface area contributed by atoms with E-state index in [1.165, 1.54) is 0 Å². The summed E-state index contributed by atoms with van der Waals surface area (Å²) in [5, 5.41) is 14.3. The number of hydrogen-bond acceptors (Lipinski definition) is 5. The van der Waals surface area contributed by atoms with Gasteiger partial charge in [-0.25, -0.2) is 0 Å². The molecule has 0 radical (unpaired) electrons. The molecule has 0 bridgehead atoms. The van der Waals surface area contributed by atoms with Gasteiger partial charge in [0, 0.05) is 14.1 Å². The van der Waals surface area contributed by atoms with Crippen LogP contribution in [0.5, 0.6) is 0 Å². The van der Waals surface area contributed by atoms with E-state index < -0.39 is 11.3 Å². The van der Waals surface area contributed by atoms with E-state index in [9.17, 15) is 5.11 Å². The smallest absolute Gasteiger partial charge is 0.272 e. The van der Waals surface area contributed by atoms with E-state index in [4.69, 9.17) is 4.84 Å². The SMILES string of the molecule is CC[C@]12N=C(N(C)C)C[C@@]1(O)ON=C2C. The van der Waals surface area contributed by atoms with Crippen LogP contribution in [0.15, 0.2) is 10.1 Å². The summed E-state index contributed by atoms with van der Waals surface area (Å²) in [7, 11) is 3.83. The Morgan fingerprint density at radius 2 is 2.20 bits per heavy atom. The largest absolute Gasteiger partial charge is 0.366 e. The molecule has 0 saturated carbocycles. The molecular formula is C10H17N3O2. The Labute approximate surface area is 89.4 Å². The van der Waals surface area contributed by atoms with E-state index in [-0.39, 0.29) is 0 Å². The molecule has 0 aliphatic carbocycles. The molecule has 2 atom stereocenters. The Kier molecular flexibility index (Phi) is 2.05. The molecule has 0 aromatic rings. The highest BCUT2D eigenvalue weighted by atomic mass is 16.7. The van der Waals surface area contributed by atoms with Crippen LogP contribution in [0, 0.1) is 0 Å². The highest BCUT2D eigenvalue weighted by molar-refractivity contribution is 6.00. The Hall–Kier alpha value is -1.10. The molecule has 5 heteroatoms. The number of rotatable bonds is 1. The third-order valence-electron chi connectivity index (χ3n) is 3.32. The fourth-order valence-corrected chi connectivity index (χ4v) is 2.27. The molecule has 5 nitrogen and oxygen atoms in total. The van der Waals surface area contributed by atoms with Crippen molar-refractivity contribution in [1.29, 1.82) is 0 Å². The van der Waals surface area contributed by atoms with Gasteiger partial charge in [0.05, 0.1) is 12.1 Å². The number of nitrogens with zero attached hydrogens (tertiary/aromatic N) is 3. The summed E-state index contributed by atoms with van der Waals surface area (Å²) >= 11 is 0. The molecule has 0 aromatic heterocycles. The van der Waals surface area contributed by atoms with Gasteiger partial charge in [-0.2, -0.15) is 0 Å². The third-order valence-corrected chi connectivity index (χ3v) is 3.32. The van der Waals surface area contributed by atoms with Crippen LogP contribution < -0.4 is 0 Å². The van der Waals surface area contributed by atoms with Crippen LogP contribution >= 0.6 is 0 Å². The lowest BCUT2D eigenvalue weighted by Crippen LogP contribution is -2.51. The van der Waals surface area contributed by atoms with Crippen molar-refractivity contribution in [2.75, 3.05) is 14.1 Å². The number of aliphatic hydroxyl groups is 1. The molecule has 2 heterocycles. The van der Waals surface area contributed by atoms with Gasteiger partial charge in [-0.1, -0.05) is 12.1 Å². The van der Waals surface area contributed by atoms with Gasteiger partial charge in [-0.05, 0) is 13.3 Å². The van der Waals surface area contributed by atoms with Crippen molar-refractivity contribution in [1.82, 2.24) is 4.90 Å². The highest BCUT2D eigenvalue weighted by Gasteiger charge is 2.63. The summed E-state index contributed by atoms with van der Waals surface area (Å²) in [6.07, 6.45) is 1.09. The lowest BCUT2D eigenvalue weighted by Gasteiger charge is -2.29. The van der Waals surface area contributed by atoms with Crippen LogP contribution in [-0.2, 0) is 4.84 Å². The first-order chi connectivity index (χ1) is 6.95. The molecule has 84 valence electrons. The van der Waals surface area contributed by atoms with Crippen molar-refractivity contribution in [3.05, 3.63) is 0 Å². The van der Waals surface area contributed by atoms with Crippen LogP contribution in [0.1, 0.15) is 26.7 Å². The normalized spacial score (nSPS) is 38.2. The molecule has 0 saturated heterocycles. The van der Waals surface area contributed by atoms with Crippen molar-refractivity contribution in [3.8, 4) is 0 Å². The van der Waals surface area contributed by atoms with Gasteiger partial charge in [0.25, 0.3) is 5.79 Å². The monoisotopic (exact) mass is 211 g/mol.